The molecular formula is C17H16N2O2. The van der Waals surface area contributed by atoms with E-state index >= 15 is 0 Å². The lowest BCUT2D eigenvalue weighted by Crippen LogP contribution is -2.09. The van der Waals surface area contributed by atoms with Crippen molar-refractivity contribution in [3.05, 3.63) is 65.6 Å². The molecule has 1 aromatic carbocycles. The maximum absolute atomic E-state index is 11.3. The van der Waals surface area contributed by atoms with Gasteiger partial charge in [0.25, 0.3) is 0 Å². The molecule has 0 atom stereocenters. The quantitative estimate of drug-likeness (QED) is 0.797. The fraction of sp³-hybridized carbons (Fsp3) is 0.176. The van der Waals surface area contributed by atoms with Gasteiger partial charge in [-0.1, -0.05) is 31.2 Å². The second kappa shape index (κ2) is 5.40. The minimum absolute atomic E-state index is 0.119. The standard InChI is InChI=1S/C17H16N2O2/c1-2-12-5-3-6-13-8-10-19(16(12)13)11-14-7-4-9-18-15(14)17(20)21/h3-10H,2,11H2,1H3,(H,20,21). The van der Waals surface area contributed by atoms with E-state index in [0.717, 1.165) is 6.42 Å². The number of para-hydroxylation sites is 1. The molecule has 2 aromatic heterocycles. The third kappa shape index (κ3) is 2.40. The Morgan fingerprint density at radius 2 is 2.00 bits per heavy atom. The number of fused-ring (bicyclic) bond motifs is 1. The maximum atomic E-state index is 11.3. The fourth-order valence-corrected chi connectivity index (χ4v) is 2.70. The number of rotatable bonds is 4. The summed E-state index contributed by atoms with van der Waals surface area (Å²) in [5.41, 5.74) is 3.26. The Morgan fingerprint density at radius 1 is 1.19 bits per heavy atom. The Hall–Kier alpha value is -2.62. The Bertz CT molecular complexity index is 805. The van der Waals surface area contributed by atoms with Crippen LogP contribution >= 0.6 is 0 Å². The van der Waals surface area contributed by atoms with Crippen LogP contribution < -0.4 is 0 Å². The number of aromatic nitrogens is 2. The van der Waals surface area contributed by atoms with E-state index in [1.165, 1.54) is 22.7 Å². The highest BCUT2D eigenvalue weighted by Gasteiger charge is 2.13. The zero-order valence-corrected chi connectivity index (χ0v) is 11.8. The van der Waals surface area contributed by atoms with Gasteiger partial charge in [0.15, 0.2) is 5.69 Å². The highest BCUT2D eigenvalue weighted by molar-refractivity contribution is 5.87. The lowest BCUT2D eigenvalue weighted by molar-refractivity contribution is 0.0689. The number of hydrogen-bond donors (Lipinski definition) is 1. The SMILES string of the molecule is CCc1cccc2ccn(Cc3cccnc3C(=O)O)c12. The molecule has 3 aromatic rings. The monoisotopic (exact) mass is 280 g/mol. The number of aromatic carboxylic acids is 1. The van der Waals surface area contributed by atoms with Gasteiger partial charge in [-0.25, -0.2) is 9.78 Å². The summed E-state index contributed by atoms with van der Waals surface area (Å²) in [5.74, 6) is -0.988. The van der Waals surface area contributed by atoms with Gasteiger partial charge < -0.3 is 9.67 Å². The molecule has 0 saturated carbocycles. The molecule has 0 radical (unpaired) electrons. The number of aryl methyl sites for hydroxylation is 1. The van der Waals surface area contributed by atoms with Crippen molar-refractivity contribution in [3.63, 3.8) is 0 Å². The molecule has 0 aliphatic heterocycles. The number of nitrogens with zero attached hydrogens (tertiary/aromatic N) is 2. The van der Waals surface area contributed by atoms with Gasteiger partial charge in [-0.2, -0.15) is 0 Å². The Morgan fingerprint density at radius 3 is 2.76 bits per heavy atom. The number of carboxylic acid groups (broad SMARTS) is 1. The predicted octanol–water partition coefficient (Wildman–Crippen LogP) is 3.35. The van der Waals surface area contributed by atoms with Gasteiger partial charge in [-0.05, 0) is 29.5 Å². The smallest absolute Gasteiger partial charge is 0.354 e. The molecular weight excluding hydrogens is 264 g/mol. The van der Waals surface area contributed by atoms with E-state index in [4.69, 9.17) is 0 Å². The zero-order chi connectivity index (χ0) is 14.8. The Kier molecular flexibility index (Phi) is 3.44. The van der Waals surface area contributed by atoms with Crippen molar-refractivity contribution in [3.8, 4) is 0 Å². The van der Waals surface area contributed by atoms with E-state index < -0.39 is 5.97 Å². The molecule has 2 heterocycles. The molecule has 0 spiro atoms. The number of hydrogen-bond acceptors (Lipinski definition) is 2. The van der Waals surface area contributed by atoms with E-state index in [1.54, 1.807) is 6.07 Å². The first kappa shape index (κ1) is 13.4. The van der Waals surface area contributed by atoms with Gasteiger partial charge in [0, 0.05) is 24.5 Å². The average molecular weight is 280 g/mol. The van der Waals surface area contributed by atoms with Gasteiger partial charge >= 0.3 is 5.97 Å². The molecule has 4 nitrogen and oxygen atoms in total. The predicted molar refractivity (Wildman–Crippen MR) is 81.6 cm³/mol. The molecule has 21 heavy (non-hydrogen) atoms. The summed E-state index contributed by atoms with van der Waals surface area (Å²) in [6.45, 7) is 2.63. The molecule has 0 amide bonds. The van der Waals surface area contributed by atoms with Crippen molar-refractivity contribution in [1.82, 2.24) is 9.55 Å². The van der Waals surface area contributed by atoms with Crippen molar-refractivity contribution in [1.29, 1.82) is 0 Å². The molecule has 0 unspecified atom stereocenters. The minimum atomic E-state index is -0.988. The lowest BCUT2D eigenvalue weighted by atomic mass is 10.1. The molecule has 3 rings (SSSR count). The summed E-state index contributed by atoms with van der Waals surface area (Å²) in [7, 11) is 0. The van der Waals surface area contributed by atoms with E-state index in [2.05, 4.69) is 40.7 Å². The molecule has 4 heteroatoms. The summed E-state index contributed by atoms with van der Waals surface area (Å²) in [6, 6.07) is 11.9. The van der Waals surface area contributed by atoms with E-state index in [1.807, 2.05) is 12.3 Å². The Balaban J connectivity index is 2.09. The minimum Gasteiger partial charge on any atom is -0.477 e. The first-order valence-corrected chi connectivity index (χ1v) is 6.94. The molecule has 0 aliphatic carbocycles. The number of benzene rings is 1. The third-order valence-electron chi connectivity index (χ3n) is 3.69. The second-order valence-corrected chi connectivity index (χ2v) is 4.97. The van der Waals surface area contributed by atoms with Crippen molar-refractivity contribution in [2.45, 2.75) is 19.9 Å². The second-order valence-electron chi connectivity index (χ2n) is 4.97. The van der Waals surface area contributed by atoms with Crippen molar-refractivity contribution >= 4 is 16.9 Å². The lowest BCUT2D eigenvalue weighted by Gasteiger charge is -2.10. The number of pyridine rings is 1. The van der Waals surface area contributed by atoms with E-state index in [0.29, 0.717) is 12.1 Å². The average Bonchev–Trinajstić information content (AvgIpc) is 2.91. The molecule has 0 bridgehead atoms. The van der Waals surface area contributed by atoms with Gasteiger partial charge in [0.1, 0.15) is 0 Å². The summed E-state index contributed by atoms with van der Waals surface area (Å²) < 4.78 is 2.09. The topological polar surface area (TPSA) is 55.1 Å². The van der Waals surface area contributed by atoms with Crippen LogP contribution in [0.5, 0.6) is 0 Å². The molecule has 0 aliphatic rings. The van der Waals surface area contributed by atoms with E-state index in [-0.39, 0.29) is 5.69 Å². The zero-order valence-electron chi connectivity index (χ0n) is 11.8. The first-order valence-electron chi connectivity index (χ1n) is 6.94. The number of carboxylic acids is 1. The van der Waals surface area contributed by atoms with E-state index in [9.17, 15) is 9.90 Å². The highest BCUT2D eigenvalue weighted by atomic mass is 16.4. The molecule has 106 valence electrons. The van der Waals surface area contributed by atoms with Gasteiger partial charge in [0.2, 0.25) is 0 Å². The first-order chi connectivity index (χ1) is 10.2. The highest BCUT2D eigenvalue weighted by Crippen LogP contribution is 2.22. The van der Waals surface area contributed by atoms with Crippen molar-refractivity contribution in [2.75, 3.05) is 0 Å². The Labute approximate surface area is 122 Å². The largest absolute Gasteiger partial charge is 0.477 e. The van der Waals surface area contributed by atoms with Crippen LogP contribution in [0.1, 0.15) is 28.5 Å². The summed E-state index contributed by atoms with van der Waals surface area (Å²) in [4.78, 5) is 15.2. The van der Waals surface area contributed by atoms with Crippen LogP contribution in [0.2, 0.25) is 0 Å². The van der Waals surface area contributed by atoms with Crippen LogP contribution in [0.4, 0.5) is 0 Å². The summed E-state index contributed by atoms with van der Waals surface area (Å²) in [6.07, 6.45) is 4.46. The summed E-state index contributed by atoms with van der Waals surface area (Å²) in [5, 5.41) is 10.4. The molecule has 0 fully saturated rings. The van der Waals surface area contributed by atoms with Crippen LogP contribution in [0.3, 0.4) is 0 Å². The van der Waals surface area contributed by atoms with Crippen molar-refractivity contribution in [2.24, 2.45) is 0 Å². The van der Waals surface area contributed by atoms with Gasteiger partial charge in [-0.3, -0.25) is 0 Å². The summed E-state index contributed by atoms with van der Waals surface area (Å²) >= 11 is 0. The third-order valence-corrected chi connectivity index (χ3v) is 3.69. The fourth-order valence-electron chi connectivity index (χ4n) is 2.70. The number of carbonyl (C=O) groups is 1. The molecule has 1 N–H and O–H groups in total. The molecule has 0 saturated heterocycles. The maximum Gasteiger partial charge on any atom is 0.354 e. The van der Waals surface area contributed by atoms with Crippen LogP contribution in [0.25, 0.3) is 10.9 Å². The normalized spacial score (nSPS) is 10.9. The van der Waals surface area contributed by atoms with Gasteiger partial charge in [-0.15, -0.1) is 0 Å². The van der Waals surface area contributed by atoms with Crippen LogP contribution in [0.15, 0.2) is 48.8 Å². The van der Waals surface area contributed by atoms with Crippen molar-refractivity contribution < 1.29 is 9.90 Å². The van der Waals surface area contributed by atoms with Gasteiger partial charge in [0.05, 0.1) is 5.52 Å². The van der Waals surface area contributed by atoms with Crippen LogP contribution in [-0.4, -0.2) is 20.6 Å². The van der Waals surface area contributed by atoms with Crippen LogP contribution in [-0.2, 0) is 13.0 Å². The van der Waals surface area contributed by atoms with Crippen LogP contribution in [0, 0.1) is 0 Å².